The number of hydrogen-bond donors (Lipinski definition) is 2. The number of benzene rings is 2. The predicted molar refractivity (Wildman–Crippen MR) is 77.0 cm³/mol. The van der Waals surface area contributed by atoms with Crippen molar-refractivity contribution in [1.82, 2.24) is 0 Å². The Labute approximate surface area is 114 Å². The minimum Gasteiger partial charge on any atom is -0.508 e. The van der Waals surface area contributed by atoms with Crippen LogP contribution >= 0.6 is 12.4 Å². The van der Waals surface area contributed by atoms with E-state index in [1.54, 1.807) is 12.1 Å². The van der Waals surface area contributed by atoms with Gasteiger partial charge in [0.15, 0.2) is 0 Å². The van der Waals surface area contributed by atoms with Crippen LogP contribution in [0.4, 0.5) is 0 Å². The van der Waals surface area contributed by atoms with Crippen LogP contribution in [0.1, 0.15) is 18.1 Å². The van der Waals surface area contributed by atoms with Crippen molar-refractivity contribution in [2.75, 3.05) is 0 Å². The number of halogens is 1. The standard InChI is InChI=1S/C15H17NO.ClH/c1-15(16,11-12-5-3-2-4-6-12)13-7-9-14(17)10-8-13;/h2-10,17H,11,16H2,1H3;1H. The summed E-state index contributed by atoms with van der Waals surface area (Å²) in [5.74, 6) is 0.268. The summed E-state index contributed by atoms with van der Waals surface area (Å²) in [5.41, 5.74) is 8.16. The molecule has 0 bridgehead atoms. The highest BCUT2D eigenvalue weighted by molar-refractivity contribution is 5.85. The van der Waals surface area contributed by atoms with Gasteiger partial charge in [0.2, 0.25) is 0 Å². The third-order valence-corrected chi connectivity index (χ3v) is 2.94. The van der Waals surface area contributed by atoms with Gasteiger partial charge in [0.05, 0.1) is 0 Å². The molecule has 0 saturated carbocycles. The van der Waals surface area contributed by atoms with E-state index in [4.69, 9.17) is 5.73 Å². The lowest BCUT2D eigenvalue weighted by Gasteiger charge is -2.25. The molecule has 96 valence electrons. The highest BCUT2D eigenvalue weighted by atomic mass is 35.5. The average Bonchev–Trinajstić information content (AvgIpc) is 2.30. The Morgan fingerprint density at radius 1 is 1.00 bits per heavy atom. The molecule has 0 aliphatic heterocycles. The molecule has 0 spiro atoms. The molecular weight excluding hydrogens is 246 g/mol. The second kappa shape index (κ2) is 5.89. The molecule has 2 nitrogen and oxygen atoms in total. The molecule has 3 N–H and O–H groups in total. The van der Waals surface area contributed by atoms with Crippen molar-refractivity contribution >= 4 is 12.4 Å². The Hall–Kier alpha value is -1.51. The fourth-order valence-corrected chi connectivity index (χ4v) is 1.96. The van der Waals surface area contributed by atoms with Crippen LogP contribution in [0.15, 0.2) is 54.6 Å². The zero-order chi connectivity index (χ0) is 12.3. The summed E-state index contributed by atoms with van der Waals surface area (Å²) in [4.78, 5) is 0. The van der Waals surface area contributed by atoms with E-state index in [-0.39, 0.29) is 18.2 Å². The van der Waals surface area contributed by atoms with Crippen molar-refractivity contribution in [2.45, 2.75) is 18.9 Å². The Kier molecular flexibility index (Phi) is 4.76. The quantitative estimate of drug-likeness (QED) is 0.893. The number of phenols is 1. The molecule has 1 atom stereocenters. The van der Waals surface area contributed by atoms with Crippen LogP contribution < -0.4 is 5.73 Å². The van der Waals surface area contributed by atoms with E-state index in [0.29, 0.717) is 0 Å². The molecule has 0 radical (unpaired) electrons. The molecule has 0 saturated heterocycles. The van der Waals surface area contributed by atoms with Crippen molar-refractivity contribution in [3.8, 4) is 5.75 Å². The zero-order valence-electron chi connectivity index (χ0n) is 10.3. The van der Waals surface area contributed by atoms with Crippen LogP contribution in [0.25, 0.3) is 0 Å². The maximum atomic E-state index is 9.27. The highest BCUT2D eigenvalue weighted by Gasteiger charge is 2.21. The second-order valence-electron chi connectivity index (χ2n) is 4.63. The van der Waals surface area contributed by atoms with E-state index < -0.39 is 5.54 Å². The monoisotopic (exact) mass is 263 g/mol. The molecule has 0 aromatic heterocycles. The summed E-state index contributed by atoms with van der Waals surface area (Å²) in [5, 5.41) is 9.27. The van der Waals surface area contributed by atoms with Gasteiger partial charge in [-0.1, -0.05) is 42.5 Å². The van der Waals surface area contributed by atoms with Crippen LogP contribution in [0.3, 0.4) is 0 Å². The van der Waals surface area contributed by atoms with Gasteiger partial charge in [-0.15, -0.1) is 12.4 Å². The van der Waals surface area contributed by atoms with Gasteiger partial charge >= 0.3 is 0 Å². The summed E-state index contributed by atoms with van der Waals surface area (Å²) in [6, 6.07) is 17.3. The van der Waals surface area contributed by atoms with Crippen molar-refractivity contribution < 1.29 is 5.11 Å². The summed E-state index contributed by atoms with van der Waals surface area (Å²) >= 11 is 0. The van der Waals surface area contributed by atoms with Gasteiger partial charge in [0.1, 0.15) is 5.75 Å². The first-order valence-electron chi connectivity index (χ1n) is 5.70. The molecule has 3 heteroatoms. The smallest absolute Gasteiger partial charge is 0.115 e. The molecule has 0 heterocycles. The van der Waals surface area contributed by atoms with Gasteiger partial charge in [-0.05, 0) is 36.6 Å². The van der Waals surface area contributed by atoms with Gasteiger partial charge in [-0.2, -0.15) is 0 Å². The molecule has 2 aromatic rings. The first kappa shape index (κ1) is 14.6. The van der Waals surface area contributed by atoms with Gasteiger partial charge < -0.3 is 10.8 Å². The summed E-state index contributed by atoms with van der Waals surface area (Å²) < 4.78 is 0. The number of phenolic OH excluding ortho intramolecular Hbond substituents is 1. The van der Waals surface area contributed by atoms with E-state index in [0.717, 1.165) is 12.0 Å². The van der Waals surface area contributed by atoms with Crippen molar-refractivity contribution in [3.05, 3.63) is 65.7 Å². The van der Waals surface area contributed by atoms with Crippen LogP contribution in [-0.2, 0) is 12.0 Å². The molecule has 18 heavy (non-hydrogen) atoms. The SMILES string of the molecule is CC(N)(Cc1ccccc1)c1ccc(O)cc1.Cl. The van der Waals surface area contributed by atoms with Crippen LogP contribution in [-0.4, -0.2) is 5.11 Å². The predicted octanol–water partition coefficient (Wildman–Crippen LogP) is 3.23. The van der Waals surface area contributed by atoms with Crippen molar-refractivity contribution in [2.24, 2.45) is 5.73 Å². The third-order valence-electron chi connectivity index (χ3n) is 2.94. The van der Waals surface area contributed by atoms with Gasteiger partial charge in [-0.3, -0.25) is 0 Å². The highest BCUT2D eigenvalue weighted by Crippen LogP contribution is 2.24. The van der Waals surface area contributed by atoms with E-state index in [2.05, 4.69) is 12.1 Å². The van der Waals surface area contributed by atoms with Gasteiger partial charge in [0, 0.05) is 5.54 Å². The van der Waals surface area contributed by atoms with E-state index in [1.165, 1.54) is 5.56 Å². The number of rotatable bonds is 3. The van der Waals surface area contributed by atoms with E-state index in [9.17, 15) is 5.11 Å². The number of aromatic hydroxyl groups is 1. The molecule has 1 unspecified atom stereocenters. The normalized spacial score (nSPS) is 13.4. The topological polar surface area (TPSA) is 46.2 Å². The minimum absolute atomic E-state index is 0. The van der Waals surface area contributed by atoms with Crippen LogP contribution in [0.5, 0.6) is 5.75 Å². The molecule has 0 aliphatic rings. The lowest BCUT2D eigenvalue weighted by atomic mass is 9.86. The molecule has 0 amide bonds. The average molecular weight is 264 g/mol. The third kappa shape index (κ3) is 3.49. The van der Waals surface area contributed by atoms with Crippen molar-refractivity contribution in [3.63, 3.8) is 0 Å². The summed E-state index contributed by atoms with van der Waals surface area (Å²) in [7, 11) is 0. The molecular formula is C15H18ClNO. The summed E-state index contributed by atoms with van der Waals surface area (Å²) in [6.45, 7) is 2.01. The Bertz CT molecular complexity index is 480. The van der Waals surface area contributed by atoms with E-state index in [1.807, 2.05) is 37.3 Å². The lowest BCUT2D eigenvalue weighted by molar-refractivity contribution is 0.469. The second-order valence-corrected chi connectivity index (χ2v) is 4.63. The molecule has 2 aromatic carbocycles. The first-order chi connectivity index (χ1) is 8.08. The number of nitrogens with two attached hydrogens (primary N) is 1. The molecule has 0 fully saturated rings. The van der Waals surface area contributed by atoms with Gasteiger partial charge in [0.25, 0.3) is 0 Å². The van der Waals surface area contributed by atoms with Crippen LogP contribution in [0.2, 0.25) is 0 Å². The lowest BCUT2D eigenvalue weighted by Crippen LogP contribution is -2.35. The Balaban J connectivity index is 0.00000162. The molecule has 2 rings (SSSR count). The van der Waals surface area contributed by atoms with Gasteiger partial charge in [-0.25, -0.2) is 0 Å². The summed E-state index contributed by atoms with van der Waals surface area (Å²) in [6.07, 6.45) is 0.776. The first-order valence-corrected chi connectivity index (χ1v) is 5.70. The fourth-order valence-electron chi connectivity index (χ4n) is 1.96. The minimum atomic E-state index is -0.422. The zero-order valence-corrected chi connectivity index (χ0v) is 11.2. The van der Waals surface area contributed by atoms with E-state index >= 15 is 0 Å². The largest absolute Gasteiger partial charge is 0.508 e. The Morgan fingerprint density at radius 2 is 1.56 bits per heavy atom. The Morgan fingerprint density at radius 3 is 2.11 bits per heavy atom. The van der Waals surface area contributed by atoms with Crippen molar-refractivity contribution in [1.29, 1.82) is 0 Å². The maximum absolute atomic E-state index is 9.27. The molecule has 0 aliphatic carbocycles. The van der Waals surface area contributed by atoms with Crippen LogP contribution in [0, 0.1) is 0 Å². The fraction of sp³-hybridized carbons (Fsp3) is 0.200. The number of hydrogen-bond acceptors (Lipinski definition) is 2. The maximum Gasteiger partial charge on any atom is 0.115 e.